The van der Waals surface area contributed by atoms with Crippen LogP contribution in [0.25, 0.3) is 10.8 Å². The van der Waals surface area contributed by atoms with Crippen molar-refractivity contribution in [1.82, 2.24) is 10.2 Å². The molecule has 8 heteroatoms. The number of nitro groups is 1. The van der Waals surface area contributed by atoms with E-state index in [4.69, 9.17) is 4.42 Å². The van der Waals surface area contributed by atoms with Gasteiger partial charge in [-0.05, 0) is 22.0 Å². The van der Waals surface area contributed by atoms with Gasteiger partial charge >= 0.3 is 5.88 Å². The van der Waals surface area contributed by atoms with Crippen molar-refractivity contribution in [1.29, 1.82) is 0 Å². The molecule has 0 unspecified atom stereocenters. The number of rotatable bonds is 2. The molecule has 0 aliphatic carbocycles. The number of hydrogen-bond donors (Lipinski definition) is 0. The topological polar surface area (TPSA) is 82.1 Å². The highest BCUT2D eigenvalue weighted by Crippen LogP contribution is 2.29. The zero-order valence-corrected chi connectivity index (χ0v) is 8.91. The van der Waals surface area contributed by atoms with Crippen molar-refractivity contribution in [3.05, 3.63) is 26.2 Å². The first-order valence-corrected chi connectivity index (χ1v) is 5.01. The number of hydrogen-bond acceptors (Lipinski definition) is 6. The maximum atomic E-state index is 10.3. The highest BCUT2D eigenvalue weighted by atomic mass is 79.9. The molecule has 0 saturated carbocycles. The van der Waals surface area contributed by atoms with E-state index in [2.05, 4.69) is 26.1 Å². The molecular formula is C6H2BrN3O3S. The van der Waals surface area contributed by atoms with Crippen LogP contribution in [0, 0.1) is 10.1 Å². The lowest BCUT2D eigenvalue weighted by molar-refractivity contribution is -0.401. The Bertz CT molecular complexity index is 480. The zero-order valence-electron chi connectivity index (χ0n) is 6.51. The van der Waals surface area contributed by atoms with Gasteiger partial charge in [-0.25, -0.2) is 0 Å². The second-order valence-electron chi connectivity index (χ2n) is 2.26. The van der Waals surface area contributed by atoms with Crippen LogP contribution in [-0.2, 0) is 0 Å². The fourth-order valence-electron chi connectivity index (χ4n) is 0.846. The van der Waals surface area contributed by atoms with E-state index in [1.54, 1.807) is 0 Å². The van der Waals surface area contributed by atoms with Gasteiger partial charge in [0.2, 0.25) is 0 Å². The van der Waals surface area contributed by atoms with Gasteiger partial charge in [0.25, 0.3) is 0 Å². The van der Waals surface area contributed by atoms with Crippen molar-refractivity contribution in [3.8, 4) is 10.8 Å². The summed E-state index contributed by atoms with van der Waals surface area (Å²) in [6, 6.07) is 2.77. The van der Waals surface area contributed by atoms with Crippen LogP contribution in [0.1, 0.15) is 0 Å². The van der Waals surface area contributed by atoms with E-state index < -0.39 is 4.92 Å². The van der Waals surface area contributed by atoms with E-state index >= 15 is 0 Å². The molecule has 0 spiro atoms. The minimum atomic E-state index is -0.598. The second-order valence-corrected chi connectivity index (χ2v) is 4.51. The van der Waals surface area contributed by atoms with Crippen LogP contribution in [0.3, 0.4) is 0 Å². The molecular weight excluding hydrogens is 274 g/mol. The molecule has 0 saturated heterocycles. The minimum Gasteiger partial charge on any atom is -0.398 e. The normalized spacial score (nSPS) is 10.4. The molecule has 0 N–H and O–H groups in total. The van der Waals surface area contributed by atoms with Crippen molar-refractivity contribution < 1.29 is 9.34 Å². The standard InChI is InChI=1S/C6H2BrN3O3S/c7-6-9-8-5(14-6)3-1-2-4(13-3)10(11)12/h1-2H. The summed E-state index contributed by atoms with van der Waals surface area (Å²) >= 11 is 4.38. The summed E-state index contributed by atoms with van der Waals surface area (Å²) in [5.74, 6) is 0.0474. The van der Waals surface area contributed by atoms with Crippen molar-refractivity contribution >= 4 is 33.2 Å². The summed E-state index contributed by atoms with van der Waals surface area (Å²) in [5.41, 5.74) is 0. The largest absolute Gasteiger partial charge is 0.433 e. The van der Waals surface area contributed by atoms with Gasteiger partial charge in [0.05, 0.1) is 6.07 Å². The Balaban J connectivity index is 2.38. The van der Waals surface area contributed by atoms with E-state index in [-0.39, 0.29) is 5.88 Å². The molecule has 2 heterocycles. The molecule has 2 rings (SSSR count). The molecule has 0 fully saturated rings. The highest BCUT2D eigenvalue weighted by molar-refractivity contribution is 9.11. The third kappa shape index (κ3) is 1.66. The van der Waals surface area contributed by atoms with Gasteiger partial charge in [0.1, 0.15) is 4.92 Å². The lowest BCUT2D eigenvalue weighted by Gasteiger charge is -1.84. The summed E-state index contributed by atoms with van der Waals surface area (Å²) in [7, 11) is 0. The van der Waals surface area contributed by atoms with Gasteiger partial charge in [0, 0.05) is 0 Å². The monoisotopic (exact) mass is 275 g/mol. The summed E-state index contributed by atoms with van der Waals surface area (Å²) in [6.45, 7) is 0. The van der Waals surface area contributed by atoms with Crippen molar-refractivity contribution in [2.24, 2.45) is 0 Å². The molecule has 0 amide bonds. The molecule has 0 radical (unpaired) electrons. The van der Waals surface area contributed by atoms with Crippen LogP contribution in [0.4, 0.5) is 5.88 Å². The van der Waals surface area contributed by atoms with Crippen molar-refractivity contribution in [2.45, 2.75) is 0 Å². The van der Waals surface area contributed by atoms with Crippen LogP contribution in [0.5, 0.6) is 0 Å². The molecule has 2 aromatic heterocycles. The lowest BCUT2D eigenvalue weighted by atomic mass is 10.5. The first kappa shape index (κ1) is 9.28. The average Bonchev–Trinajstić information content (AvgIpc) is 2.70. The first-order chi connectivity index (χ1) is 6.66. The van der Waals surface area contributed by atoms with Gasteiger partial charge in [-0.3, -0.25) is 10.1 Å². The van der Waals surface area contributed by atoms with Crippen molar-refractivity contribution in [2.75, 3.05) is 0 Å². The summed E-state index contributed by atoms with van der Waals surface area (Å²) in [6.07, 6.45) is 0. The maximum absolute atomic E-state index is 10.3. The molecule has 6 nitrogen and oxygen atoms in total. The number of nitrogens with zero attached hydrogens (tertiary/aromatic N) is 3. The van der Waals surface area contributed by atoms with Crippen LogP contribution < -0.4 is 0 Å². The van der Waals surface area contributed by atoms with Gasteiger partial charge in [0.15, 0.2) is 14.7 Å². The maximum Gasteiger partial charge on any atom is 0.433 e. The van der Waals surface area contributed by atoms with Crippen LogP contribution in [0.2, 0.25) is 0 Å². The predicted molar refractivity (Wildman–Crippen MR) is 52.0 cm³/mol. The summed E-state index contributed by atoms with van der Waals surface area (Å²) in [4.78, 5) is 9.72. The molecule has 0 atom stereocenters. The van der Waals surface area contributed by atoms with E-state index in [0.29, 0.717) is 14.7 Å². The molecule has 2 aromatic rings. The first-order valence-electron chi connectivity index (χ1n) is 3.40. The Kier molecular flexibility index (Phi) is 2.30. The Morgan fingerprint density at radius 3 is 2.79 bits per heavy atom. The number of furan rings is 1. The van der Waals surface area contributed by atoms with E-state index in [0.717, 1.165) is 0 Å². The molecule has 0 aromatic carbocycles. The quantitative estimate of drug-likeness (QED) is 0.621. The van der Waals surface area contributed by atoms with Crippen LogP contribution in [-0.4, -0.2) is 15.1 Å². The fraction of sp³-hybridized carbons (Fsp3) is 0. The number of aromatic nitrogens is 2. The fourth-order valence-corrected chi connectivity index (χ4v) is 1.92. The Labute approximate surface area is 89.9 Å². The molecule has 14 heavy (non-hydrogen) atoms. The third-order valence-corrected chi connectivity index (χ3v) is 2.75. The second kappa shape index (κ2) is 3.46. The minimum absolute atomic E-state index is 0.300. The molecule has 0 bridgehead atoms. The highest BCUT2D eigenvalue weighted by Gasteiger charge is 2.15. The smallest absolute Gasteiger partial charge is 0.398 e. The molecule has 0 aliphatic rings. The Hall–Kier alpha value is -1.28. The van der Waals surface area contributed by atoms with Crippen LogP contribution in [0.15, 0.2) is 20.5 Å². The Morgan fingerprint density at radius 2 is 2.29 bits per heavy atom. The Morgan fingerprint density at radius 1 is 1.50 bits per heavy atom. The molecule has 72 valence electrons. The van der Waals surface area contributed by atoms with E-state index in [1.165, 1.54) is 23.5 Å². The number of halogens is 1. The predicted octanol–water partition coefficient (Wildman–Crippen LogP) is 2.47. The van der Waals surface area contributed by atoms with Gasteiger partial charge in [-0.1, -0.05) is 11.3 Å². The van der Waals surface area contributed by atoms with Crippen LogP contribution >= 0.6 is 27.3 Å². The summed E-state index contributed by atoms with van der Waals surface area (Å²) < 4.78 is 5.54. The van der Waals surface area contributed by atoms with E-state index in [1.807, 2.05) is 0 Å². The van der Waals surface area contributed by atoms with Gasteiger partial charge < -0.3 is 4.42 Å². The average molecular weight is 276 g/mol. The third-order valence-electron chi connectivity index (χ3n) is 1.38. The SMILES string of the molecule is O=[N+]([O-])c1ccc(-c2nnc(Br)s2)o1. The van der Waals surface area contributed by atoms with Crippen molar-refractivity contribution in [3.63, 3.8) is 0 Å². The zero-order chi connectivity index (χ0) is 10.1. The molecule has 0 aliphatic heterocycles. The van der Waals surface area contributed by atoms with Gasteiger partial charge in [-0.15, -0.1) is 10.2 Å². The van der Waals surface area contributed by atoms with Gasteiger partial charge in [-0.2, -0.15) is 0 Å². The summed E-state index contributed by atoms with van der Waals surface area (Å²) in [5, 5.41) is 18.3. The van der Waals surface area contributed by atoms with E-state index in [9.17, 15) is 10.1 Å². The lowest BCUT2D eigenvalue weighted by Crippen LogP contribution is -1.82.